The molecule has 0 aromatic carbocycles. The second kappa shape index (κ2) is 7.82. The van der Waals surface area contributed by atoms with Crippen molar-refractivity contribution in [1.29, 1.82) is 0 Å². The summed E-state index contributed by atoms with van der Waals surface area (Å²) in [5.41, 5.74) is 2.61. The average Bonchev–Trinajstić information content (AvgIpc) is 2.81. The summed E-state index contributed by atoms with van der Waals surface area (Å²) in [6.45, 7) is 9.91. The molecule has 0 amide bonds. The van der Waals surface area contributed by atoms with Crippen LogP contribution in [0.4, 0.5) is 0 Å². The number of aryl methyl sites for hydroxylation is 2. The third-order valence-corrected chi connectivity index (χ3v) is 4.66. The number of rotatable bonds is 7. The second-order valence-corrected chi connectivity index (χ2v) is 6.31. The van der Waals surface area contributed by atoms with E-state index in [1.54, 1.807) is 0 Å². The predicted octanol–water partition coefficient (Wildman–Crippen LogP) is 3.56. The van der Waals surface area contributed by atoms with Crippen molar-refractivity contribution in [2.24, 2.45) is 11.8 Å². The van der Waals surface area contributed by atoms with Crippen LogP contribution in [0.3, 0.4) is 0 Å². The van der Waals surface area contributed by atoms with Gasteiger partial charge in [-0.15, -0.1) is 0 Å². The molecule has 0 bridgehead atoms. The SMILES string of the molecule is CCCNCC1CCCCC1Cc1cc(C)nn1CC. The van der Waals surface area contributed by atoms with Crippen LogP contribution in [0.5, 0.6) is 0 Å². The van der Waals surface area contributed by atoms with E-state index in [2.05, 4.69) is 41.9 Å². The van der Waals surface area contributed by atoms with E-state index in [1.165, 1.54) is 56.5 Å². The molecule has 1 heterocycles. The molecule has 0 saturated heterocycles. The third-order valence-electron chi connectivity index (χ3n) is 4.66. The van der Waals surface area contributed by atoms with Gasteiger partial charge in [0.1, 0.15) is 0 Å². The maximum absolute atomic E-state index is 4.60. The van der Waals surface area contributed by atoms with Crippen LogP contribution in [0.2, 0.25) is 0 Å². The molecule has 0 spiro atoms. The Balaban J connectivity index is 1.96. The molecule has 0 aliphatic heterocycles. The Kier molecular flexibility index (Phi) is 6.08. The van der Waals surface area contributed by atoms with Crippen LogP contribution in [0.25, 0.3) is 0 Å². The first kappa shape index (κ1) is 15.6. The lowest BCUT2D eigenvalue weighted by Crippen LogP contribution is -2.32. The Morgan fingerprint density at radius 3 is 2.70 bits per heavy atom. The summed E-state index contributed by atoms with van der Waals surface area (Å²) in [7, 11) is 0. The fraction of sp³-hybridized carbons (Fsp3) is 0.824. The fourth-order valence-corrected chi connectivity index (χ4v) is 3.59. The van der Waals surface area contributed by atoms with Gasteiger partial charge >= 0.3 is 0 Å². The summed E-state index contributed by atoms with van der Waals surface area (Å²) >= 11 is 0. The lowest BCUT2D eigenvalue weighted by molar-refractivity contribution is 0.225. The fourth-order valence-electron chi connectivity index (χ4n) is 3.59. The van der Waals surface area contributed by atoms with Crippen molar-refractivity contribution in [3.8, 4) is 0 Å². The van der Waals surface area contributed by atoms with Gasteiger partial charge in [-0.05, 0) is 70.5 Å². The Labute approximate surface area is 124 Å². The van der Waals surface area contributed by atoms with Crippen LogP contribution >= 0.6 is 0 Å². The number of hydrogen-bond donors (Lipinski definition) is 1. The van der Waals surface area contributed by atoms with Gasteiger partial charge in [-0.25, -0.2) is 0 Å². The van der Waals surface area contributed by atoms with Gasteiger partial charge in [-0.1, -0.05) is 19.8 Å². The van der Waals surface area contributed by atoms with Gasteiger partial charge in [0.25, 0.3) is 0 Å². The van der Waals surface area contributed by atoms with E-state index >= 15 is 0 Å². The van der Waals surface area contributed by atoms with Gasteiger partial charge in [0.05, 0.1) is 5.69 Å². The van der Waals surface area contributed by atoms with Crippen molar-refractivity contribution in [3.05, 3.63) is 17.5 Å². The molecule has 0 radical (unpaired) electrons. The molecule has 1 aromatic heterocycles. The number of nitrogens with one attached hydrogen (secondary N) is 1. The Morgan fingerprint density at radius 2 is 2.00 bits per heavy atom. The van der Waals surface area contributed by atoms with E-state index in [0.717, 1.165) is 24.9 Å². The maximum Gasteiger partial charge on any atom is 0.0596 e. The highest BCUT2D eigenvalue weighted by Gasteiger charge is 2.26. The molecule has 3 heteroatoms. The summed E-state index contributed by atoms with van der Waals surface area (Å²) in [5, 5.41) is 8.23. The molecular formula is C17H31N3. The van der Waals surface area contributed by atoms with Crippen LogP contribution in [0.15, 0.2) is 6.07 Å². The molecular weight excluding hydrogens is 246 g/mol. The van der Waals surface area contributed by atoms with Crippen LogP contribution in [-0.4, -0.2) is 22.9 Å². The Morgan fingerprint density at radius 1 is 1.25 bits per heavy atom. The number of aromatic nitrogens is 2. The zero-order chi connectivity index (χ0) is 14.4. The topological polar surface area (TPSA) is 29.9 Å². The molecule has 1 saturated carbocycles. The van der Waals surface area contributed by atoms with Crippen LogP contribution in [0.1, 0.15) is 57.3 Å². The third kappa shape index (κ3) is 4.08. The number of hydrogen-bond acceptors (Lipinski definition) is 2. The summed E-state index contributed by atoms with van der Waals surface area (Å²) in [5.74, 6) is 1.70. The highest BCUT2D eigenvalue weighted by atomic mass is 15.3. The first-order valence-electron chi connectivity index (χ1n) is 8.48. The van der Waals surface area contributed by atoms with E-state index in [1.807, 2.05) is 0 Å². The highest BCUT2D eigenvalue weighted by molar-refractivity contribution is 5.10. The molecule has 3 nitrogen and oxygen atoms in total. The predicted molar refractivity (Wildman–Crippen MR) is 85.0 cm³/mol. The molecule has 2 unspecified atom stereocenters. The van der Waals surface area contributed by atoms with Crippen molar-refractivity contribution >= 4 is 0 Å². The van der Waals surface area contributed by atoms with Crippen molar-refractivity contribution in [2.75, 3.05) is 13.1 Å². The normalized spacial score (nSPS) is 23.1. The van der Waals surface area contributed by atoms with Gasteiger partial charge in [0.2, 0.25) is 0 Å². The smallest absolute Gasteiger partial charge is 0.0596 e. The minimum atomic E-state index is 0.842. The van der Waals surface area contributed by atoms with Crippen LogP contribution in [-0.2, 0) is 13.0 Å². The minimum absolute atomic E-state index is 0.842. The van der Waals surface area contributed by atoms with Crippen molar-refractivity contribution in [2.45, 2.75) is 65.8 Å². The van der Waals surface area contributed by atoms with Gasteiger partial charge < -0.3 is 5.32 Å². The maximum atomic E-state index is 4.60. The van der Waals surface area contributed by atoms with Gasteiger partial charge in [0.15, 0.2) is 0 Å². The van der Waals surface area contributed by atoms with E-state index in [9.17, 15) is 0 Å². The zero-order valence-electron chi connectivity index (χ0n) is 13.5. The lowest BCUT2D eigenvalue weighted by Gasteiger charge is -2.32. The quantitative estimate of drug-likeness (QED) is 0.772. The molecule has 2 rings (SSSR count). The first-order chi connectivity index (χ1) is 9.74. The summed E-state index contributed by atoms with van der Waals surface area (Å²) in [4.78, 5) is 0. The van der Waals surface area contributed by atoms with E-state index in [0.29, 0.717) is 0 Å². The molecule has 20 heavy (non-hydrogen) atoms. The largest absolute Gasteiger partial charge is 0.316 e. The number of nitrogens with zero attached hydrogens (tertiary/aromatic N) is 2. The van der Waals surface area contributed by atoms with E-state index in [4.69, 9.17) is 0 Å². The average molecular weight is 277 g/mol. The van der Waals surface area contributed by atoms with Crippen molar-refractivity contribution < 1.29 is 0 Å². The van der Waals surface area contributed by atoms with Gasteiger partial charge in [0, 0.05) is 12.2 Å². The summed E-state index contributed by atoms with van der Waals surface area (Å²) < 4.78 is 2.19. The molecule has 1 aliphatic rings. The van der Waals surface area contributed by atoms with E-state index in [-0.39, 0.29) is 0 Å². The van der Waals surface area contributed by atoms with Gasteiger partial charge in [-0.3, -0.25) is 4.68 Å². The van der Waals surface area contributed by atoms with E-state index < -0.39 is 0 Å². The monoisotopic (exact) mass is 277 g/mol. The highest BCUT2D eigenvalue weighted by Crippen LogP contribution is 2.32. The Bertz CT molecular complexity index is 397. The second-order valence-electron chi connectivity index (χ2n) is 6.31. The first-order valence-corrected chi connectivity index (χ1v) is 8.48. The molecule has 1 aliphatic carbocycles. The lowest BCUT2D eigenvalue weighted by atomic mass is 9.77. The minimum Gasteiger partial charge on any atom is -0.316 e. The van der Waals surface area contributed by atoms with Crippen molar-refractivity contribution in [3.63, 3.8) is 0 Å². The Hall–Kier alpha value is -0.830. The van der Waals surface area contributed by atoms with Crippen LogP contribution in [0, 0.1) is 18.8 Å². The van der Waals surface area contributed by atoms with Crippen LogP contribution < -0.4 is 5.32 Å². The van der Waals surface area contributed by atoms with Gasteiger partial charge in [-0.2, -0.15) is 5.10 Å². The molecule has 114 valence electrons. The summed E-state index contributed by atoms with van der Waals surface area (Å²) in [6.07, 6.45) is 8.08. The van der Waals surface area contributed by atoms with Crippen molar-refractivity contribution in [1.82, 2.24) is 15.1 Å². The zero-order valence-corrected chi connectivity index (χ0v) is 13.5. The summed E-state index contributed by atoms with van der Waals surface area (Å²) in [6, 6.07) is 2.29. The molecule has 2 atom stereocenters. The molecule has 1 fully saturated rings. The molecule has 1 N–H and O–H groups in total. The molecule has 1 aromatic rings. The standard InChI is InChI=1S/C17H31N3/c1-4-10-18-13-16-9-7-6-8-15(16)12-17-11-14(3)19-20(17)5-2/h11,15-16,18H,4-10,12-13H2,1-3H3.